The van der Waals surface area contributed by atoms with E-state index in [-0.39, 0.29) is 0 Å². The molecule has 0 spiro atoms. The molecule has 0 bridgehead atoms. The Morgan fingerprint density at radius 2 is 1.84 bits per heavy atom. The lowest BCUT2D eigenvalue weighted by molar-refractivity contribution is 1.33. The Bertz CT molecular complexity index is 533. The second-order valence-electron chi connectivity index (χ2n) is 3.57. The van der Waals surface area contributed by atoms with Crippen molar-refractivity contribution in [2.24, 2.45) is 0 Å². The van der Waals surface area contributed by atoms with Crippen molar-refractivity contribution in [1.29, 1.82) is 0 Å². The van der Waals surface area contributed by atoms with Crippen LogP contribution in [0.25, 0.3) is 23.2 Å². The van der Waals surface area contributed by atoms with E-state index in [0.717, 1.165) is 27.9 Å². The molecule has 2 nitrogen and oxygen atoms in total. The smallest absolute Gasteiger partial charge is 0.0957 e. The zero-order valence-corrected chi connectivity index (χ0v) is 13.0. The van der Waals surface area contributed by atoms with Crippen LogP contribution in [0.3, 0.4) is 0 Å². The third kappa shape index (κ3) is 4.09. The molecule has 0 saturated heterocycles. The summed E-state index contributed by atoms with van der Waals surface area (Å²) in [7, 11) is 0. The van der Waals surface area contributed by atoms with Gasteiger partial charge in [0, 0.05) is 17.5 Å². The van der Waals surface area contributed by atoms with Gasteiger partial charge in [0.1, 0.15) is 0 Å². The summed E-state index contributed by atoms with van der Waals surface area (Å²) in [5.74, 6) is 0. The molecule has 0 aliphatic rings. The van der Waals surface area contributed by atoms with Crippen LogP contribution in [0.2, 0.25) is 0 Å². The van der Waals surface area contributed by atoms with Crippen LogP contribution in [0.5, 0.6) is 0 Å². The number of hydrogen-bond donors (Lipinski definition) is 1. The molecule has 2 aromatic rings. The molecule has 0 aliphatic heterocycles. The molecule has 0 aromatic carbocycles. The minimum absolute atomic E-state index is 1.01. The van der Waals surface area contributed by atoms with Crippen molar-refractivity contribution in [2.75, 3.05) is 0 Å². The van der Waals surface area contributed by atoms with Crippen LogP contribution in [0.4, 0.5) is 0 Å². The second-order valence-corrected chi connectivity index (χ2v) is 3.57. The maximum absolute atomic E-state index is 4.44. The first-order chi connectivity index (χ1) is 9.26. The molecule has 0 unspecified atom stereocenters. The molecular weight excluding hydrogens is 232 g/mol. The molecule has 0 radical (unpaired) electrons. The number of nitrogens with one attached hydrogen (secondary N) is 1. The first-order valence-electron chi connectivity index (χ1n) is 6.99. The molecule has 0 fully saturated rings. The lowest BCUT2D eigenvalue weighted by Crippen LogP contribution is -1.79. The summed E-state index contributed by atoms with van der Waals surface area (Å²) in [5, 5.41) is 0. The SMILES string of the molecule is C=Cc1[nH]c2cc(C)cnc2c1/C=C\C.CC.CC. The Labute approximate surface area is 117 Å². The van der Waals surface area contributed by atoms with E-state index in [2.05, 4.69) is 28.7 Å². The Hall–Kier alpha value is -1.83. The van der Waals surface area contributed by atoms with Gasteiger partial charge < -0.3 is 4.98 Å². The zero-order chi connectivity index (χ0) is 14.8. The molecular formula is C17H26N2. The third-order valence-corrected chi connectivity index (χ3v) is 2.38. The molecule has 0 aliphatic carbocycles. The number of allylic oxidation sites excluding steroid dienone is 1. The quantitative estimate of drug-likeness (QED) is 0.746. The molecule has 0 saturated carbocycles. The van der Waals surface area contributed by atoms with Crippen molar-refractivity contribution < 1.29 is 0 Å². The van der Waals surface area contributed by atoms with Crippen LogP contribution >= 0.6 is 0 Å². The number of aryl methyl sites for hydroxylation is 1. The summed E-state index contributed by atoms with van der Waals surface area (Å²) >= 11 is 0. The van der Waals surface area contributed by atoms with Crippen molar-refractivity contribution in [2.45, 2.75) is 41.5 Å². The highest BCUT2D eigenvalue weighted by molar-refractivity contribution is 5.90. The number of H-pyrrole nitrogens is 1. The van der Waals surface area contributed by atoms with Crippen LogP contribution in [0, 0.1) is 6.92 Å². The molecule has 1 N–H and O–H groups in total. The average molecular weight is 258 g/mol. The molecule has 2 heterocycles. The molecule has 19 heavy (non-hydrogen) atoms. The standard InChI is InChI=1S/C13H14N2.2C2H6/c1-4-6-10-11(5-2)15-12-7-9(3)8-14-13(10)12;2*1-2/h4-8,15H,2H2,1,3H3;2*1-2H3/b6-4-;;. The van der Waals surface area contributed by atoms with Crippen LogP contribution < -0.4 is 0 Å². The van der Waals surface area contributed by atoms with E-state index in [9.17, 15) is 0 Å². The summed E-state index contributed by atoms with van der Waals surface area (Å²) < 4.78 is 0. The number of pyridine rings is 1. The molecule has 0 amide bonds. The molecule has 104 valence electrons. The number of fused-ring (bicyclic) bond motifs is 1. The number of rotatable bonds is 2. The van der Waals surface area contributed by atoms with Gasteiger partial charge >= 0.3 is 0 Å². The monoisotopic (exact) mass is 258 g/mol. The van der Waals surface area contributed by atoms with Gasteiger partial charge in [0.15, 0.2) is 0 Å². The number of hydrogen-bond acceptors (Lipinski definition) is 1. The first kappa shape index (κ1) is 17.2. The maximum atomic E-state index is 4.44. The van der Waals surface area contributed by atoms with Gasteiger partial charge in [-0.15, -0.1) is 0 Å². The predicted molar refractivity (Wildman–Crippen MR) is 88.3 cm³/mol. The second kappa shape index (κ2) is 9.15. The van der Waals surface area contributed by atoms with Gasteiger partial charge in [-0.2, -0.15) is 0 Å². The van der Waals surface area contributed by atoms with Crippen LogP contribution in [-0.2, 0) is 0 Å². The Morgan fingerprint density at radius 3 is 2.37 bits per heavy atom. The summed E-state index contributed by atoms with van der Waals surface area (Å²) in [5.41, 5.74) is 5.38. The van der Waals surface area contributed by atoms with Crippen molar-refractivity contribution in [1.82, 2.24) is 9.97 Å². The molecule has 2 rings (SSSR count). The van der Waals surface area contributed by atoms with Gasteiger partial charge in [-0.25, -0.2) is 0 Å². The first-order valence-corrected chi connectivity index (χ1v) is 6.99. The highest BCUT2D eigenvalue weighted by Gasteiger charge is 2.07. The van der Waals surface area contributed by atoms with E-state index in [1.165, 1.54) is 0 Å². The van der Waals surface area contributed by atoms with Gasteiger partial charge in [0.05, 0.1) is 11.0 Å². The van der Waals surface area contributed by atoms with E-state index >= 15 is 0 Å². The highest BCUT2D eigenvalue weighted by atomic mass is 14.8. The fraction of sp³-hybridized carbons (Fsp3) is 0.353. The van der Waals surface area contributed by atoms with E-state index < -0.39 is 0 Å². The highest BCUT2D eigenvalue weighted by Crippen LogP contribution is 2.23. The number of aromatic amines is 1. The van der Waals surface area contributed by atoms with Gasteiger partial charge in [0.25, 0.3) is 0 Å². The normalized spacial score (nSPS) is 9.58. The minimum atomic E-state index is 1.01. The fourth-order valence-corrected chi connectivity index (χ4v) is 1.72. The van der Waals surface area contributed by atoms with Crippen LogP contribution in [0.1, 0.15) is 51.4 Å². The topological polar surface area (TPSA) is 28.7 Å². The van der Waals surface area contributed by atoms with Gasteiger partial charge in [-0.05, 0) is 31.6 Å². The van der Waals surface area contributed by atoms with Gasteiger partial charge in [-0.3, -0.25) is 4.98 Å². The van der Waals surface area contributed by atoms with Crippen molar-refractivity contribution in [3.8, 4) is 0 Å². The molecule has 2 heteroatoms. The Morgan fingerprint density at radius 1 is 1.21 bits per heavy atom. The maximum Gasteiger partial charge on any atom is 0.0957 e. The van der Waals surface area contributed by atoms with E-state index in [1.54, 1.807) is 0 Å². The molecule has 2 aromatic heterocycles. The van der Waals surface area contributed by atoms with E-state index in [4.69, 9.17) is 0 Å². The van der Waals surface area contributed by atoms with Crippen LogP contribution in [-0.4, -0.2) is 9.97 Å². The van der Waals surface area contributed by atoms with Crippen LogP contribution in [0.15, 0.2) is 24.9 Å². The predicted octanol–water partition coefficient (Wildman–Crippen LogP) is 5.60. The number of nitrogens with zero attached hydrogens (tertiary/aromatic N) is 1. The lowest BCUT2D eigenvalue weighted by Gasteiger charge is -1.93. The minimum Gasteiger partial charge on any atom is -0.353 e. The van der Waals surface area contributed by atoms with Crippen molar-refractivity contribution in [3.63, 3.8) is 0 Å². The zero-order valence-electron chi connectivity index (χ0n) is 13.0. The Kier molecular flexibility index (Phi) is 8.27. The van der Waals surface area contributed by atoms with Gasteiger partial charge in [-0.1, -0.05) is 46.4 Å². The fourth-order valence-electron chi connectivity index (χ4n) is 1.72. The van der Waals surface area contributed by atoms with Crippen molar-refractivity contribution in [3.05, 3.63) is 41.7 Å². The molecule has 0 atom stereocenters. The number of aromatic nitrogens is 2. The third-order valence-electron chi connectivity index (χ3n) is 2.38. The summed E-state index contributed by atoms with van der Waals surface area (Å²) in [6.07, 6.45) is 7.78. The summed E-state index contributed by atoms with van der Waals surface area (Å²) in [6.45, 7) is 15.8. The lowest BCUT2D eigenvalue weighted by atomic mass is 10.2. The van der Waals surface area contributed by atoms with E-state index in [0.29, 0.717) is 0 Å². The van der Waals surface area contributed by atoms with Gasteiger partial charge in [0.2, 0.25) is 0 Å². The summed E-state index contributed by atoms with van der Waals surface area (Å²) in [6, 6.07) is 2.10. The average Bonchev–Trinajstić information content (AvgIpc) is 2.81. The van der Waals surface area contributed by atoms with Crippen molar-refractivity contribution >= 4 is 23.2 Å². The summed E-state index contributed by atoms with van der Waals surface area (Å²) in [4.78, 5) is 7.75. The van der Waals surface area contributed by atoms with E-state index in [1.807, 2.05) is 59.9 Å². The largest absolute Gasteiger partial charge is 0.353 e. The Balaban J connectivity index is 0.000000741.